The van der Waals surface area contributed by atoms with Crippen molar-refractivity contribution in [2.45, 2.75) is 19.8 Å². The van der Waals surface area contributed by atoms with Crippen LogP contribution in [-0.4, -0.2) is 9.97 Å². The number of aryl methyl sites for hydroxylation is 1. The molecule has 2 aromatic rings. The lowest BCUT2D eigenvalue weighted by molar-refractivity contribution is 0.940. The van der Waals surface area contributed by atoms with Crippen molar-refractivity contribution >= 4 is 21.6 Å². The van der Waals surface area contributed by atoms with Gasteiger partial charge in [0.15, 0.2) is 0 Å². The lowest BCUT2D eigenvalue weighted by atomic mass is 10.2. The van der Waals surface area contributed by atoms with Crippen LogP contribution >= 0.6 is 11.3 Å². The largest absolute Gasteiger partial charge is 0.326 e. The van der Waals surface area contributed by atoms with E-state index in [0.29, 0.717) is 10.2 Å². The number of aromatic nitrogens is 2. The lowest BCUT2D eigenvalue weighted by Gasteiger charge is -1.86. The van der Waals surface area contributed by atoms with Crippen LogP contribution in [0.2, 0.25) is 0 Å². The van der Waals surface area contributed by atoms with Crippen LogP contribution in [0.5, 0.6) is 0 Å². The average Bonchev–Trinajstić information content (AvgIpc) is 2.48. The van der Waals surface area contributed by atoms with Crippen molar-refractivity contribution in [2.75, 3.05) is 0 Å². The molecule has 2 N–H and O–H groups in total. The van der Waals surface area contributed by atoms with Gasteiger partial charge in [-0.05, 0) is 12.5 Å². The fraction of sp³-hybridized carbons (Fsp3) is 0.333. The van der Waals surface area contributed by atoms with Crippen LogP contribution in [0.15, 0.2) is 15.7 Å². The zero-order valence-corrected chi connectivity index (χ0v) is 8.53. The molecule has 0 atom stereocenters. The van der Waals surface area contributed by atoms with Crippen molar-refractivity contribution in [2.24, 2.45) is 0 Å². The third-order valence-corrected chi connectivity index (χ3v) is 3.09. The van der Waals surface area contributed by atoms with Gasteiger partial charge >= 0.3 is 5.69 Å². The van der Waals surface area contributed by atoms with Crippen LogP contribution in [0.3, 0.4) is 0 Å². The molecule has 0 saturated carbocycles. The molecule has 0 aliphatic heterocycles. The first-order valence-electron chi connectivity index (χ1n) is 4.45. The van der Waals surface area contributed by atoms with E-state index in [4.69, 9.17) is 0 Å². The second kappa shape index (κ2) is 3.42. The lowest BCUT2D eigenvalue weighted by Crippen LogP contribution is -2.20. The standard InChI is InChI=1S/C9H10N2O2S/c1-2-3-5-4-6-7(12)10-9(13)11-8(6)14-5/h4H,2-3H2,1H3,(H2,10,11,12,13). The van der Waals surface area contributed by atoms with Gasteiger partial charge in [-0.15, -0.1) is 11.3 Å². The molecule has 0 fully saturated rings. The zero-order valence-electron chi connectivity index (χ0n) is 7.72. The quantitative estimate of drug-likeness (QED) is 0.783. The first-order valence-corrected chi connectivity index (χ1v) is 5.27. The van der Waals surface area contributed by atoms with E-state index in [-0.39, 0.29) is 5.56 Å². The highest BCUT2D eigenvalue weighted by atomic mass is 32.1. The van der Waals surface area contributed by atoms with E-state index in [2.05, 4.69) is 16.9 Å². The molecule has 5 heteroatoms. The van der Waals surface area contributed by atoms with Crippen LogP contribution in [0.4, 0.5) is 0 Å². The van der Waals surface area contributed by atoms with Crippen molar-refractivity contribution in [1.29, 1.82) is 0 Å². The SMILES string of the molecule is CCCc1cc2c(=O)[nH]c(=O)[nH]c2s1. The minimum absolute atomic E-state index is 0.303. The third kappa shape index (κ3) is 1.50. The smallest absolute Gasteiger partial charge is 0.298 e. The van der Waals surface area contributed by atoms with E-state index >= 15 is 0 Å². The van der Waals surface area contributed by atoms with Crippen molar-refractivity contribution in [1.82, 2.24) is 9.97 Å². The Morgan fingerprint density at radius 3 is 2.86 bits per heavy atom. The molecule has 0 bridgehead atoms. The van der Waals surface area contributed by atoms with Crippen LogP contribution in [0, 0.1) is 0 Å². The maximum Gasteiger partial charge on any atom is 0.326 e. The number of thiophene rings is 1. The normalized spacial score (nSPS) is 10.9. The fourth-order valence-corrected chi connectivity index (χ4v) is 2.53. The first kappa shape index (κ1) is 9.21. The van der Waals surface area contributed by atoms with E-state index in [1.807, 2.05) is 6.07 Å². The van der Waals surface area contributed by atoms with E-state index in [1.54, 1.807) is 0 Å². The van der Waals surface area contributed by atoms with Gasteiger partial charge in [-0.1, -0.05) is 13.3 Å². The van der Waals surface area contributed by atoms with Crippen LogP contribution < -0.4 is 11.2 Å². The van der Waals surface area contributed by atoms with Crippen molar-refractivity contribution in [3.63, 3.8) is 0 Å². The Morgan fingerprint density at radius 1 is 1.36 bits per heavy atom. The fourth-order valence-electron chi connectivity index (χ4n) is 1.38. The van der Waals surface area contributed by atoms with Gasteiger partial charge in [0.05, 0.1) is 5.39 Å². The highest BCUT2D eigenvalue weighted by Crippen LogP contribution is 2.20. The molecule has 0 amide bonds. The maximum atomic E-state index is 11.3. The highest BCUT2D eigenvalue weighted by Gasteiger charge is 2.05. The molecule has 2 heterocycles. The Kier molecular flexibility index (Phi) is 2.25. The molecular formula is C9H10N2O2S. The van der Waals surface area contributed by atoms with E-state index < -0.39 is 5.69 Å². The van der Waals surface area contributed by atoms with Crippen molar-refractivity contribution < 1.29 is 0 Å². The number of aromatic amines is 2. The maximum absolute atomic E-state index is 11.3. The molecule has 4 nitrogen and oxygen atoms in total. The summed E-state index contributed by atoms with van der Waals surface area (Å²) in [5, 5.41) is 0.582. The van der Waals surface area contributed by atoms with Crippen LogP contribution in [0.1, 0.15) is 18.2 Å². The number of fused-ring (bicyclic) bond motifs is 1. The summed E-state index contributed by atoms with van der Waals surface area (Å²) in [5.41, 5.74) is -0.741. The minimum Gasteiger partial charge on any atom is -0.298 e. The van der Waals surface area contributed by atoms with Gasteiger partial charge < -0.3 is 0 Å². The summed E-state index contributed by atoms with van der Waals surface area (Å²) in [4.78, 5) is 28.9. The number of rotatable bonds is 2. The number of nitrogens with one attached hydrogen (secondary N) is 2. The monoisotopic (exact) mass is 210 g/mol. The Balaban J connectivity index is 2.71. The molecule has 74 valence electrons. The summed E-state index contributed by atoms with van der Waals surface area (Å²) in [6.45, 7) is 2.08. The van der Waals surface area contributed by atoms with Gasteiger partial charge in [0.25, 0.3) is 5.56 Å². The van der Waals surface area contributed by atoms with E-state index in [9.17, 15) is 9.59 Å². The van der Waals surface area contributed by atoms with Crippen LogP contribution in [-0.2, 0) is 6.42 Å². The molecule has 14 heavy (non-hydrogen) atoms. The van der Waals surface area contributed by atoms with Crippen LogP contribution in [0.25, 0.3) is 10.2 Å². The Morgan fingerprint density at radius 2 is 2.14 bits per heavy atom. The molecule has 0 unspecified atom stereocenters. The van der Waals surface area contributed by atoms with E-state index in [0.717, 1.165) is 17.7 Å². The number of H-pyrrole nitrogens is 2. The third-order valence-electron chi connectivity index (χ3n) is 1.98. The van der Waals surface area contributed by atoms with E-state index in [1.165, 1.54) is 11.3 Å². The minimum atomic E-state index is -0.438. The summed E-state index contributed by atoms with van der Waals surface area (Å²) in [6, 6.07) is 1.85. The molecule has 0 saturated heterocycles. The second-order valence-electron chi connectivity index (χ2n) is 3.11. The Labute approximate surface area is 83.6 Å². The first-order chi connectivity index (χ1) is 6.70. The van der Waals surface area contributed by atoms with Gasteiger partial charge in [-0.3, -0.25) is 14.8 Å². The molecule has 0 radical (unpaired) electrons. The molecular weight excluding hydrogens is 200 g/mol. The molecule has 0 aliphatic rings. The Bertz CT molecular complexity index is 564. The summed E-state index contributed by atoms with van der Waals surface area (Å²) in [5.74, 6) is 0. The zero-order chi connectivity index (χ0) is 10.1. The summed E-state index contributed by atoms with van der Waals surface area (Å²) in [7, 11) is 0. The number of hydrogen-bond donors (Lipinski definition) is 2. The summed E-state index contributed by atoms with van der Waals surface area (Å²) in [6.07, 6.45) is 1.98. The summed E-state index contributed by atoms with van der Waals surface area (Å²) >= 11 is 1.47. The highest BCUT2D eigenvalue weighted by molar-refractivity contribution is 7.18. The molecule has 2 rings (SSSR count). The molecule has 0 spiro atoms. The predicted molar refractivity (Wildman–Crippen MR) is 57.1 cm³/mol. The van der Waals surface area contributed by atoms with Crippen molar-refractivity contribution in [3.05, 3.63) is 31.8 Å². The molecule has 0 aromatic carbocycles. The number of hydrogen-bond acceptors (Lipinski definition) is 3. The van der Waals surface area contributed by atoms with Gasteiger partial charge in [0.2, 0.25) is 0 Å². The topological polar surface area (TPSA) is 65.7 Å². The summed E-state index contributed by atoms with van der Waals surface area (Å²) < 4.78 is 0. The van der Waals surface area contributed by atoms with Crippen molar-refractivity contribution in [3.8, 4) is 0 Å². The van der Waals surface area contributed by atoms with Gasteiger partial charge in [0.1, 0.15) is 4.83 Å². The average molecular weight is 210 g/mol. The van der Waals surface area contributed by atoms with Gasteiger partial charge in [0, 0.05) is 4.88 Å². The molecule has 2 aromatic heterocycles. The second-order valence-corrected chi connectivity index (χ2v) is 4.25. The Hall–Kier alpha value is -1.36. The molecule has 0 aliphatic carbocycles. The van der Waals surface area contributed by atoms with Gasteiger partial charge in [-0.25, -0.2) is 4.79 Å². The predicted octanol–water partition coefficient (Wildman–Crippen LogP) is 1.23. The van der Waals surface area contributed by atoms with Gasteiger partial charge in [-0.2, -0.15) is 0 Å².